The maximum atomic E-state index is 13.3. The first-order valence-electron chi connectivity index (χ1n) is 8.29. The number of aromatic nitrogens is 1. The normalized spacial score (nSPS) is 11.2. The number of unbranched alkanes of at least 4 members (excludes halogenated alkanes) is 1. The van der Waals surface area contributed by atoms with Crippen LogP contribution in [0.25, 0.3) is 22.2 Å². The standard InChI is InChI=1S/C20H23FN2O/c1-13-11-16(24-2)12-18-17(5-3-4-10-22)20(23-19(13)18)14-6-8-15(21)9-7-14/h6-9,11-12,23H,3-5,10,22H2,1-2H3. The van der Waals surface area contributed by atoms with Crippen molar-refractivity contribution in [3.8, 4) is 17.0 Å². The Balaban J connectivity index is 2.17. The molecule has 4 heteroatoms. The summed E-state index contributed by atoms with van der Waals surface area (Å²) in [6, 6.07) is 10.7. The highest BCUT2D eigenvalue weighted by molar-refractivity contribution is 5.93. The van der Waals surface area contributed by atoms with Crippen LogP contribution in [0.4, 0.5) is 4.39 Å². The number of nitrogens with two attached hydrogens (primary N) is 1. The quantitative estimate of drug-likeness (QED) is 0.652. The number of rotatable bonds is 6. The number of hydrogen-bond donors (Lipinski definition) is 2. The van der Waals surface area contributed by atoms with Gasteiger partial charge in [-0.1, -0.05) is 0 Å². The maximum Gasteiger partial charge on any atom is 0.123 e. The van der Waals surface area contributed by atoms with E-state index in [4.69, 9.17) is 10.5 Å². The van der Waals surface area contributed by atoms with Gasteiger partial charge in [0.1, 0.15) is 11.6 Å². The van der Waals surface area contributed by atoms with Gasteiger partial charge in [0, 0.05) is 16.6 Å². The lowest BCUT2D eigenvalue weighted by Gasteiger charge is -2.06. The molecule has 0 saturated carbocycles. The maximum absolute atomic E-state index is 13.3. The van der Waals surface area contributed by atoms with Gasteiger partial charge >= 0.3 is 0 Å². The topological polar surface area (TPSA) is 51.0 Å². The Labute approximate surface area is 141 Å². The van der Waals surface area contributed by atoms with E-state index in [1.165, 1.54) is 23.1 Å². The Morgan fingerprint density at radius 1 is 1.12 bits per heavy atom. The molecular weight excluding hydrogens is 303 g/mol. The lowest BCUT2D eigenvalue weighted by molar-refractivity contribution is 0.415. The van der Waals surface area contributed by atoms with E-state index in [9.17, 15) is 4.39 Å². The average molecular weight is 326 g/mol. The molecule has 0 atom stereocenters. The number of halogens is 1. The van der Waals surface area contributed by atoms with E-state index in [2.05, 4.69) is 18.0 Å². The second-order valence-electron chi connectivity index (χ2n) is 6.10. The van der Waals surface area contributed by atoms with Crippen molar-refractivity contribution in [1.82, 2.24) is 4.98 Å². The lowest BCUT2D eigenvalue weighted by Crippen LogP contribution is -1.99. The number of ether oxygens (including phenoxy) is 1. The zero-order chi connectivity index (χ0) is 17.1. The molecule has 0 aliphatic heterocycles. The minimum absolute atomic E-state index is 0.225. The van der Waals surface area contributed by atoms with Crippen molar-refractivity contribution >= 4 is 10.9 Å². The van der Waals surface area contributed by atoms with Crippen molar-refractivity contribution in [2.24, 2.45) is 5.73 Å². The van der Waals surface area contributed by atoms with Gasteiger partial charge in [0.25, 0.3) is 0 Å². The zero-order valence-electron chi connectivity index (χ0n) is 14.2. The summed E-state index contributed by atoms with van der Waals surface area (Å²) < 4.78 is 18.7. The van der Waals surface area contributed by atoms with Crippen LogP contribution in [0, 0.1) is 12.7 Å². The largest absolute Gasteiger partial charge is 0.497 e. The van der Waals surface area contributed by atoms with E-state index in [1.807, 2.05) is 18.2 Å². The Kier molecular flexibility index (Phi) is 4.86. The molecule has 3 aromatic rings. The van der Waals surface area contributed by atoms with Gasteiger partial charge in [-0.2, -0.15) is 0 Å². The Morgan fingerprint density at radius 3 is 2.54 bits per heavy atom. The molecule has 0 unspecified atom stereocenters. The van der Waals surface area contributed by atoms with Crippen molar-refractivity contribution in [3.05, 3.63) is 53.3 Å². The van der Waals surface area contributed by atoms with Crippen molar-refractivity contribution in [1.29, 1.82) is 0 Å². The van der Waals surface area contributed by atoms with Crippen molar-refractivity contribution < 1.29 is 9.13 Å². The van der Waals surface area contributed by atoms with Crippen LogP contribution < -0.4 is 10.5 Å². The third kappa shape index (κ3) is 3.15. The van der Waals surface area contributed by atoms with E-state index in [0.717, 1.165) is 47.3 Å². The molecular formula is C20H23FN2O. The van der Waals surface area contributed by atoms with Crippen LogP contribution in [0.15, 0.2) is 36.4 Å². The van der Waals surface area contributed by atoms with Gasteiger partial charge in [0.2, 0.25) is 0 Å². The minimum atomic E-state index is -0.225. The monoisotopic (exact) mass is 326 g/mol. The lowest BCUT2D eigenvalue weighted by atomic mass is 9.99. The second-order valence-corrected chi connectivity index (χ2v) is 6.10. The fourth-order valence-corrected chi connectivity index (χ4v) is 3.18. The zero-order valence-corrected chi connectivity index (χ0v) is 14.2. The van der Waals surface area contributed by atoms with Crippen LogP contribution >= 0.6 is 0 Å². The van der Waals surface area contributed by atoms with Crippen LogP contribution in [0.1, 0.15) is 24.0 Å². The predicted molar refractivity (Wildman–Crippen MR) is 97.0 cm³/mol. The van der Waals surface area contributed by atoms with Crippen molar-refractivity contribution in [2.45, 2.75) is 26.2 Å². The molecule has 0 fully saturated rings. The second kappa shape index (κ2) is 7.05. The molecule has 0 aliphatic carbocycles. The summed E-state index contributed by atoms with van der Waals surface area (Å²) in [6.45, 7) is 2.76. The molecule has 3 N–H and O–H groups in total. The fourth-order valence-electron chi connectivity index (χ4n) is 3.18. The minimum Gasteiger partial charge on any atom is -0.497 e. The summed E-state index contributed by atoms with van der Waals surface area (Å²) in [5.41, 5.74) is 11.2. The van der Waals surface area contributed by atoms with E-state index in [0.29, 0.717) is 6.54 Å². The van der Waals surface area contributed by atoms with Gasteiger partial charge in [-0.15, -0.1) is 0 Å². The Hall–Kier alpha value is -2.33. The molecule has 0 spiro atoms. The summed E-state index contributed by atoms with van der Waals surface area (Å²) in [4.78, 5) is 3.54. The van der Waals surface area contributed by atoms with Crippen molar-refractivity contribution in [3.63, 3.8) is 0 Å². The molecule has 1 heterocycles. The van der Waals surface area contributed by atoms with Gasteiger partial charge in [-0.05, 0) is 85.8 Å². The first kappa shape index (κ1) is 16.5. The SMILES string of the molecule is COc1cc(C)c2[nH]c(-c3ccc(F)cc3)c(CCCCN)c2c1. The fraction of sp³-hybridized carbons (Fsp3) is 0.300. The molecule has 0 amide bonds. The van der Waals surface area contributed by atoms with Gasteiger partial charge in [-0.3, -0.25) is 0 Å². The summed E-state index contributed by atoms with van der Waals surface area (Å²) in [6.07, 6.45) is 2.93. The highest BCUT2D eigenvalue weighted by atomic mass is 19.1. The summed E-state index contributed by atoms with van der Waals surface area (Å²) in [5, 5.41) is 1.17. The van der Waals surface area contributed by atoms with Gasteiger partial charge in [0.05, 0.1) is 7.11 Å². The average Bonchev–Trinajstić information content (AvgIpc) is 2.95. The first-order chi connectivity index (χ1) is 11.6. The molecule has 2 aromatic carbocycles. The van der Waals surface area contributed by atoms with E-state index in [-0.39, 0.29) is 5.82 Å². The third-order valence-electron chi connectivity index (χ3n) is 4.44. The van der Waals surface area contributed by atoms with Gasteiger partial charge < -0.3 is 15.5 Å². The molecule has 3 rings (SSSR count). The Bertz CT molecular complexity index is 837. The molecule has 126 valence electrons. The van der Waals surface area contributed by atoms with Crippen LogP contribution in [0.3, 0.4) is 0 Å². The number of fused-ring (bicyclic) bond motifs is 1. The highest BCUT2D eigenvalue weighted by Crippen LogP contribution is 2.35. The van der Waals surface area contributed by atoms with Crippen LogP contribution in [-0.4, -0.2) is 18.6 Å². The molecule has 0 radical (unpaired) electrons. The summed E-state index contributed by atoms with van der Waals surface area (Å²) >= 11 is 0. The number of aromatic amines is 1. The summed E-state index contributed by atoms with van der Waals surface area (Å²) in [5.74, 6) is 0.627. The molecule has 24 heavy (non-hydrogen) atoms. The molecule has 3 nitrogen and oxygen atoms in total. The van der Waals surface area contributed by atoms with Crippen LogP contribution in [0.2, 0.25) is 0 Å². The number of methoxy groups -OCH3 is 1. The van der Waals surface area contributed by atoms with E-state index in [1.54, 1.807) is 7.11 Å². The smallest absolute Gasteiger partial charge is 0.123 e. The number of nitrogens with one attached hydrogen (secondary N) is 1. The van der Waals surface area contributed by atoms with Gasteiger partial charge in [0.15, 0.2) is 0 Å². The number of aryl methyl sites for hydroxylation is 2. The Morgan fingerprint density at radius 2 is 1.88 bits per heavy atom. The molecule has 1 aromatic heterocycles. The van der Waals surface area contributed by atoms with Crippen LogP contribution in [0.5, 0.6) is 5.75 Å². The number of benzene rings is 2. The van der Waals surface area contributed by atoms with E-state index >= 15 is 0 Å². The molecule has 0 aliphatic rings. The van der Waals surface area contributed by atoms with Gasteiger partial charge in [-0.25, -0.2) is 4.39 Å². The van der Waals surface area contributed by atoms with E-state index < -0.39 is 0 Å². The predicted octanol–water partition coefficient (Wildman–Crippen LogP) is 4.57. The molecule has 0 bridgehead atoms. The first-order valence-corrected chi connectivity index (χ1v) is 8.29. The molecule has 0 saturated heterocycles. The van der Waals surface area contributed by atoms with Crippen LogP contribution in [-0.2, 0) is 6.42 Å². The number of hydrogen-bond acceptors (Lipinski definition) is 2. The third-order valence-corrected chi connectivity index (χ3v) is 4.44. The van der Waals surface area contributed by atoms with Crippen molar-refractivity contribution in [2.75, 3.05) is 13.7 Å². The highest BCUT2D eigenvalue weighted by Gasteiger charge is 2.15. The summed E-state index contributed by atoms with van der Waals surface area (Å²) in [7, 11) is 1.68. The number of H-pyrrole nitrogens is 1.